The Morgan fingerprint density at radius 3 is 1.63 bits per heavy atom. The van der Waals surface area contributed by atoms with Gasteiger partial charge in [0.05, 0.1) is 25.4 Å². The lowest BCUT2D eigenvalue weighted by Gasteiger charge is -2.44. The summed E-state index contributed by atoms with van der Waals surface area (Å²) in [5.74, 6) is 1.01. The number of fused-ring (bicyclic) bond motifs is 1. The number of allylic oxidation sites excluding steroid dienone is 1. The molecule has 0 aromatic heterocycles. The molecule has 0 saturated heterocycles. The minimum absolute atomic E-state index is 0.00308. The van der Waals surface area contributed by atoms with Gasteiger partial charge in [0.25, 0.3) is 8.32 Å². The second-order valence-corrected chi connectivity index (χ2v) is 17.4. The van der Waals surface area contributed by atoms with E-state index in [9.17, 15) is 0 Å². The molecule has 1 saturated carbocycles. The second kappa shape index (κ2) is 13.2. The largest absolute Gasteiger partial charge is 0.407 e. The highest BCUT2D eigenvalue weighted by Gasteiger charge is 2.53. The van der Waals surface area contributed by atoms with Crippen LogP contribution in [-0.2, 0) is 27.1 Å². The fourth-order valence-corrected chi connectivity index (χ4v) is 11.9. The first kappa shape index (κ1) is 29.8. The third-order valence-corrected chi connectivity index (χ3v) is 14.4. The molecule has 0 heterocycles. The van der Waals surface area contributed by atoms with Crippen LogP contribution in [0.4, 0.5) is 0 Å². The van der Waals surface area contributed by atoms with Crippen molar-refractivity contribution in [3.8, 4) is 0 Å². The first-order chi connectivity index (χ1) is 21.0. The van der Waals surface area contributed by atoms with Crippen molar-refractivity contribution in [3.05, 3.63) is 145 Å². The molecule has 1 fully saturated rings. The third-order valence-electron chi connectivity index (χ3n) is 9.35. The number of benzene rings is 4. The quantitative estimate of drug-likeness (QED) is 0.134. The van der Waals surface area contributed by atoms with Gasteiger partial charge in [-0.25, -0.2) is 0 Å². The van der Waals surface area contributed by atoms with E-state index in [1.54, 1.807) is 0 Å². The smallest absolute Gasteiger partial charge is 0.261 e. The summed E-state index contributed by atoms with van der Waals surface area (Å²) >= 11 is 0. The summed E-state index contributed by atoms with van der Waals surface area (Å²) in [5, 5.41) is 2.58. The fourth-order valence-electron chi connectivity index (χ4n) is 7.31. The van der Waals surface area contributed by atoms with Crippen molar-refractivity contribution >= 4 is 18.7 Å². The number of hydrogen-bond donors (Lipinski definition) is 0. The maximum absolute atomic E-state index is 7.43. The van der Waals surface area contributed by atoms with Crippen LogP contribution in [0.5, 0.6) is 0 Å². The van der Waals surface area contributed by atoms with E-state index in [4.69, 9.17) is 13.9 Å². The zero-order valence-electron chi connectivity index (χ0n) is 25.6. The van der Waals surface area contributed by atoms with E-state index in [2.05, 4.69) is 154 Å². The first-order valence-corrected chi connectivity index (χ1v) is 17.6. The Balaban J connectivity index is 1.27. The van der Waals surface area contributed by atoms with Crippen LogP contribution in [-0.4, -0.2) is 27.1 Å². The van der Waals surface area contributed by atoms with Gasteiger partial charge in [0.1, 0.15) is 0 Å². The number of rotatable bonds is 11. The van der Waals surface area contributed by atoms with E-state index < -0.39 is 8.32 Å². The molecule has 2 aliphatic carbocycles. The van der Waals surface area contributed by atoms with Gasteiger partial charge < -0.3 is 13.9 Å². The van der Waals surface area contributed by atoms with E-state index >= 15 is 0 Å². The standard InChI is InChI=1S/C39H44O3Si/c1-39(2,3)43(34-20-12-6-13-21-34,35-22-14-7-15-23-35)42-29-33-25-24-32-26-36(40-27-30-16-8-4-9-17-30)38(37(32)33)41-28-31-18-10-5-11-19-31/h4-25,32-33,36-38H,26-29H2,1-3H3/t32-,33+,36-,37+,38-/m1/s1. The summed E-state index contributed by atoms with van der Waals surface area (Å²) in [6.45, 7) is 8.90. The predicted molar refractivity (Wildman–Crippen MR) is 178 cm³/mol. The van der Waals surface area contributed by atoms with E-state index in [1.807, 2.05) is 0 Å². The van der Waals surface area contributed by atoms with Crippen molar-refractivity contribution in [1.29, 1.82) is 0 Å². The van der Waals surface area contributed by atoms with Gasteiger partial charge in [-0.2, -0.15) is 0 Å². The average molecular weight is 589 g/mol. The van der Waals surface area contributed by atoms with E-state index in [1.165, 1.54) is 21.5 Å². The average Bonchev–Trinajstić information content (AvgIpc) is 3.60. The highest BCUT2D eigenvalue weighted by Crippen LogP contribution is 2.47. The molecule has 0 aliphatic heterocycles. The molecule has 4 aromatic carbocycles. The van der Waals surface area contributed by atoms with Gasteiger partial charge in [-0.05, 0) is 38.9 Å². The maximum Gasteiger partial charge on any atom is 0.261 e. The highest BCUT2D eigenvalue weighted by molar-refractivity contribution is 6.99. The molecule has 4 heteroatoms. The molecule has 5 atom stereocenters. The number of ether oxygens (including phenoxy) is 2. The molecule has 0 radical (unpaired) electrons. The van der Waals surface area contributed by atoms with Crippen LogP contribution >= 0.6 is 0 Å². The minimum atomic E-state index is -2.64. The van der Waals surface area contributed by atoms with Crippen molar-refractivity contribution in [2.45, 2.75) is 57.7 Å². The molecule has 222 valence electrons. The molecule has 6 rings (SSSR count). The maximum atomic E-state index is 7.43. The Morgan fingerprint density at radius 1 is 0.628 bits per heavy atom. The summed E-state index contributed by atoms with van der Waals surface area (Å²) in [4.78, 5) is 0. The van der Waals surface area contributed by atoms with Crippen molar-refractivity contribution in [2.24, 2.45) is 17.8 Å². The topological polar surface area (TPSA) is 27.7 Å². The van der Waals surface area contributed by atoms with Crippen LogP contribution in [0.1, 0.15) is 38.3 Å². The molecule has 0 spiro atoms. The SMILES string of the molecule is CC(C)(C)[Si](OC[C@@H]1C=C[C@@H]2C[C@@H](OCc3ccccc3)[C@@H](OCc3ccccc3)[C@@H]21)(c1ccccc1)c1ccccc1. The Morgan fingerprint density at radius 2 is 1.12 bits per heavy atom. The Labute approximate surface area is 258 Å². The molecule has 0 bridgehead atoms. The van der Waals surface area contributed by atoms with Gasteiger partial charge >= 0.3 is 0 Å². The Hall–Kier alpha value is -3.28. The van der Waals surface area contributed by atoms with Gasteiger partial charge in [-0.1, -0.05) is 154 Å². The van der Waals surface area contributed by atoms with E-state index in [0.717, 1.165) is 6.42 Å². The van der Waals surface area contributed by atoms with Gasteiger partial charge in [-0.15, -0.1) is 0 Å². The zero-order valence-corrected chi connectivity index (χ0v) is 26.6. The highest BCUT2D eigenvalue weighted by atomic mass is 28.4. The van der Waals surface area contributed by atoms with Crippen molar-refractivity contribution in [1.82, 2.24) is 0 Å². The molecule has 0 unspecified atom stereocenters. The normalized spacial score (nSPS) is 23.4. The summed E-state index contributed by atoms with van der Waals surface area (Å²) in [6, 6.07) is 42.9. The predicted octanol–water partition coefficient (Wildman–Crippen LogP) is 7.56. The number of hydrogen-bond acceptors (Lipinski definition) is 3. The van der Waals surface area contributed by atoms with Gasteiger partial charge in [0.15, 0.2) is 0 Å². The Bertz CT molecular complexity index is 1410. The molecule has 0 N–H and O–H groups in total. The zero-order chi connectivity index (χ0) is 29.7. The molecule has 43 heavy (non-hydrogen) atoms. The molecule has 2 aliphatic rings. The van der Waals surface area contributed by atoms with Crippen LogP contribution < -0.4 is 10.4 Å². The first-order valence-electron chi connectivity index (χ1n) is 15.7. The Kier molecular flexibility index (Phi) is 9.11. The molecular weight excluding hydrogens is 545 g/mol. The lowest BCUT2D eigenvalue weighted by Crippen LogP contribution is -2.67. The van der Waals surface area contributed by atoms with Crippen LogP contribution in [0.2, 0.25) is 5.04 Å². The van der Waals surface area contributed by atoms with Crippen molar-refractivity contribution in [2.75, 3.05) is 6.61 Å². The summed E-state index contributed by atoms with van der Waals surface area (Å²) in [7, 11) is -2.64. The fraction of sp³-hybridized carbons (Fsp3) is 0.333. The van der Waals surface area contributed by atoms with E-state index in [-0.39, 0.29) is 23.2 Å². The summed E-state index contributed by atoms with van der Waals surface area (Å²) < 4.78 is 20.8. The van der Waals surface area contributed by atoms with Crippen LogP contribution in [0, 0.1) is 17.8 Å². The lowest BCUT2D eigenvalue weighted by molar-refractivity contribution is -0.0908. The third kappa shape index (κ3) is 6.34. The van der Waals surface area contributed by atoms with Crippen molar-refractivity contribution in [3.63, 3.8) is 0 Å². The lowest BCUT2D eigenvalue weighted by atomic mass is 9.89. The van der Waals surface area contributed by atoms with Gasteiger partial charge in [0, 0.05) is 18.4 Å². The monoisotopic (exact) mass is 588 g/mol. The van der Waals surface area contributed by atoms with Crippen LogP contribution in [0.15, 0.2) is 133 Å². The minimum Gasteiger partial charge on any atom is -0.407 e. The molecule has 4 aromatic rings. The summed E-state index contributed by atoms with van der Waals surface area (Å²) in [5.41, 5.74) is 2.39. The van der Waals surface area contributed by atoms with Gasteiger partial charge in [0.2, 0.25) is 0 Å². The van der Waals surface area contributed by atoms with Crippen molar-refractivity contribution < 1.29 is 13.9 Å². The van der Waals surface area contributed by atoms with Gasteiger partial charge in [-0.3, -0.25) is 0 Å². The van der Waals surface area contributed by atoms with E-state index in [0.29, 0.717) is 31.7 Å². The molecule has 3 nitrogen and oxygen atoms in total. The van der Waals surface area contributed by atoms with Crippen LogP contribution in [0.3, 0.4) is 0 Å². The second-order valence-electron chi connectivity index (χ2n) is 13.1. The molecule has 0 amide bonds. The molecular formula is C39H44O3Si. The summed E-state index contributed by atoms with van der Waals surface area (Å²) in [6.07, 6.45) is 5.83. The van der Waals surface area contributed by atoms with Crippen LogP contribution in [0.25, 0.3) is 0 Å².